The largest absolute Gasteiger partial charge is 0.382 e. The number of rotatable bonds is 5. The highest BCUT2D eigenvalue weighted by atomic mass is 15.1. The van der Waals surface area contributed by atoms with E-state index in [0.717, 1.165) is 34.1 Å². The van der Waals surface area contributed by atoms with E-state index in [-0.39, 0.29) is 6.04 Å². The van der Waals surface area contributed by atoms with Crippen LogP contribution in [0.5, 0.6) is 0 Å². The molecule has 0 amide bonds. The first-order valence-electron chi connectivity index (χ1n) is 7.30. The maximum absolute atomic E-state index is 5.88. The van der Waals surface area contributed by atoms with Gasteiger partial charge in [0.1, 0.15) is 0 Å². The van der Waals surface area contributed by atoms with Crippen molar-refractivity contribution in [3.63, 3.8) is 0 Å². The summed E-state index contributed by atoms with van der Waals surface area (Å²) in [4.78, 5) is 4.46. The maximum atomic E-state index is 5.88. The summed E-state index contributed by atoms with van der Waals surface area (Å²) in [5, 5.41) is 11.1. The standard InChI is InChI=1S/C16H20N6/c1-19-14(4-6-17)15-9-11(5-7-20-15)10-2-3-13-12(8-10)16(18)22-21-13/h2-3,5,7-9,14,19H,4,6,17H2,1H3,(H3,18,21,22). The second-order valence-electron chi connectivity index (χ2n) is 5.26. The van der Waals surface area contributed by atoms with E-state index in [1.807, 2.05) is 31.4 Å². The van der Waals surface area contributed by atoms with Crippen LogP contribution in [0.3, 0.4) is 0 Å². The van der Waals surface area contributed by atoms with E-state index in [4.69, 9.17) is 11.5 Å². The number of aromatic nitrogens is 3. The van der Waals surface area contributed by atoms with Gasteiger partial charge < -0.3 is 16.8 Å². The highest BCUT2D eigenvalue weighted by Gasteiger charge is 2.11. The van der Waals surface area contributed by atoms with Gasteiger partial charge in [-0.05, 0) is 55.4 Å². The Morgan fingerprint density at radius 2 is 2.05 bits per heavy atom. The monoisotopic (exact) mass is 296 g/mol. The Hall–Kier alpha value is -2.44. The summed E-state index contributed by atoms with van der Waals surface area (Å²) >= 11 is 0. The molecule has 0 radical (unpaired) electrons. The molecule has 2 aromatic heterocycles. The smallest absolute Gasteiger partial charge is 0.153 e. The lowest BCUT2D eigenvalue weighted by atomic mass is 10.0. The maximum Gasteiger partial charge on any atom is 0.153 e. The van der Waals surface area contributed by atoms with Gasteiger partial charge in [0.05, 0.1) is 17.3 Å². The lowest BCUT2D eigenvalue weighted by Gasteiger charge is -2.15. The number of fused-ring (bicyclic) bond motifs is 1. The van der Waals surface area contributed by atoms with Gasteiger partial charge in [0, 0.05) is 11.6 Å². The van der Waals surface area contributed by atoms with E-state index in [1.165, 1.54) is 0 Å². The van der Waals surface area contributed by atoms with Crippen molar-refractivity contribution in [1.29, 1.82) is 0 Å². The first kappa shape index (κ1) is 14.5. The van der Waals surface area contributed by atoms with Gasteiger partial charge in [0.2, 0.25) is 0 Å². The summed E-state index contributed by atoms with van der Waals surface area (Å²) in [6.45, 7) is 0.620. The molecule has 0 spiro atoms. The predicted octanol–water partition coefficient (Wildman–Crippen LogP) is 1.82. The molecule has 6 nitrogen and oxygen atoms in total. The van der Waals surface area contributed by atoms with Crippen molar-refractivity contribution >= 4 is 16.7 Å². The van der Waals surface area contributed by atoms with Crippen molar-refractivity contribution in [2.45, 2.75) is 12.5 Å². The molecule has 1 aromatic carbocycles. The number of nitrogens with one attached hydrogen (secondary N) is 2. The lowest BCUT2D eigenvalue weighted by molar-refractivity contribution is 0.543. The molecule has 0 fully saturated rings. The quantitative estimate of drug-likeness (QED) is 0.574. The van der Waals surface area contributed by atoms with Crippen molar-refractivity contribution < 1.29 is 0 Å². The van der Waals surface area contributed by atoms with E-state index < -0.39 is 0 Å². The number of nitrogen functional groups attached to an aromatic ring is 1. The van der Waals surface area contributed by atoms with Gasteiger partial charge in [-0.3, -0.25) is 10.1 Å². The fourth-order valence-corrected chi connectivity index (χ4v) is 2.64. The third kappa shape index (κ3) is 2.66. The van der Waals surface area contributed by atoms with Crippen LogP contribution in [0, 0.1) is 0 Å². The fourth-order valence-electron chi connectivity index (χ4n) is 2.64. The van der Waals surface area contributed by atoms with Crippen LogP contribution in [0.1, 0.15) is 18.2 Å². The Morgan fingerprint density at radius 3 is 2.82 bits per heavy atom. The fraction of sp³-hybridized carbons (Fsp3) is 0.250. The average Bonchev–Trinajstić information content (AvgIpc) is 2.93. The van der Waals surface area contributed by atoms with Crippen LogP contribution in [-0.4, -0.2) is 28.8 Å². The molecule has 0 aliphatic carbocycles. The zero-order valence-corrected chi connectivity index (χ0v) is 12.5. The third-order valence-corrected chi connectivity index (χ3v) is 3.87. The normalized spacial score (nSPS) is 12.6. The minimum Gasteiger partial charge on any atom is -0.382 e. The minimum atomic E-state index is 0.160. The number of aromatic amines is 1. The number of hydrogen-bond donors (Lipinski definition) is 4. The molecule has 0 aliphatic rings. The molecular formula is C16H20N6. The molecule has 6 N–H and O–H groups in total. The highest BCUT2D eigenvalue weighted by molar-refractivity contribution is 5.92. The molecule has 0 bridgehead atoms. The van der Waals surface area contributed by atoms with E-state index in [9.17, 15) is 0 Å². The molecule has 0 aliphatic heterocycles. The van der Waals surface area contributed by atoms with Gasteiger partial charge in [-0.1, -0.05) is 6.07 Å². The SMILES string of the molecule is CNC(CCN)c1cc(-c2ccc3[nH]nc(N)c3c2)ccn1. The molecule has 22 heavy (non-hydrogen) atoms. The Labute approximate surface area is 128 Å². The van der Waals surface area contributed by atoms with Gasteiger partial charge in [-0.2, -0.15) is 5.10 Å². The number of anilines is 1. The Morgan fingerprint density at radius 1 is 1.23 bits per heavy atom. The van der Waals surface area contributed by atoms with E-state index >= 15 is 0 Å². The van der Waals surface area contributed by atoms with Crippen molar-refractivity contribution in [2.24, 2.45) is 5.73 Å². The number of nitrogens with two attached hydrogens (primary N) is 2. The summed E-state index contributed by atoms with van der Waals surface area (Å²) in [5.74, 6) is 0.516. The third-order valence-electron chi connectivity index (χ3n) is 3.87. The van der Waals surface area contributed by atoms with Gasteiger partial charge in [-0.15, -0.1) is 0 Å². The van der Waals surface area contributed by atoms with Crippen LogP contribution in [0.4, 0.5) is 5.82 Å². The molecule has 1 unspecified atom stereocenters. The number of nitrogens with zero attached hydrogens (tertiary/aromatic N) is 2. The van der Waals surface area contributed by atoms with Crippen molar-refractivity contribution in [2.75, 3.05) is 19.3 Å². The molecule has 1 atom stereocenters. The topological polar surface area (TPSA) is 106 Å². The van der Waals surface area contributed by atoms with Gasteiger partial charge in [-0.25, -0.2) is 0 Å². The van der Waals surface area contributed by atoms with Crippen LogP contribution in [0.15, 0.2) is 36.5 Å². The van der Waals surface area contributed by atoms with Gasteiger partial charge in [0.15, 0.2) is 5.82 Å². The van der Waals surface area contributed by atoms with Crippen LogP contribution in [-0.2, 0) is 0 Å². The molecule has 3 aromatic rings. The summed E-state index contributed by atoms with van der Waals surface area (Å²) in [6.07, 6.45) is 2.68. The number of benzene rings is 1. The first-order chi connectivity index (χ1) is 10.7. The highest BCUT2D eigenvalue weighted by Crippen LogP contribution is 2.27. The number of pyridine rings is 1. The zero-order chi connectivity index (χ0) is 15.5. The number of H-pyrrole nitrogens is 1. The van der Waals surface area contributed by atoms with Crippen LogP contribution in [0.25, 0.3) is 22.0 Å². The summed E-state index contributed by atoms with van der Waals surface area (Å²) in [7, 11) is 1.92. The first-order valence-corrected chi connectivity index (χ1v) is 7.30. The summed E-state index contributed by atoms with van der Waals surface area (Å²) < 4.78 is 0. The molecule has 0 saturated heterocycles. The summed E-state index contributed by atoms with van der Waals surface area (Å²) in [6, 6.07) is 10.3. The van der Waals surface area contributed by atoms with E-state index in [1.54, 1.807) is 0 Å². The molecule has 0 saturated carbocycles. The zero-order valence-electron chi connectivity index (χ0n) is 12.5. The number of hydrogen-bond acceptors (Lipinski definition) is 5. The second kappa shape index (κ2) is 6.13. The lowest BCUT2D eigenvalue weighted by Crippen LogP contribution is -2.20. The molecule has 114 valence electrons. The van der Waals surface area contributed by atoms with Crippen molar-refractivity contribution in [1.82, 2.24) is 20.5 Å². The Balaban J connectivity index is 2.01. The van der Waals surface area contributed by atoms with E-state index in [0.29, 0.717) is 12.4 Å². The molecule has 3 rings (SSSR count). The molecule has 6 heteroatoms. The molecule has 2 heterocycles. The Kier molecular flexibility index (Phi) is 4.04. The van der Waals surface area contributed by atoms with Crippen molar-refractivity contribution in [3.8, 4) is 11.1 Å². The second-order valence-corrected chi connectivity index (χ2v) is 5.26. The van der Waals surface area contributed by atoms with Crippen molar-refractivity contribution in [3.05, 3.63) is 42.2 Å². The van der Waals surface area contributed by atoms with E-state index in [2.05, 4.69) is 32.6 Å². The summed E-state index contributed by atoms with van der Waals surface area (Å²) in [5.41, 5.74) is 15.7. The van der Waals surface area contributed by atoms with Gasteiger partial charge >= 0.3 is 0 Å². The minimum absolute atomic E-state index is 0.160. The Bertz CT molecular complexity index is 779. The molecular weight excluding hydrogens is 276 g/mol. The van der Waals surface area contributed by atoms with Crippen LogP contribution >= 0.6 is 0 Å². The average molecular weight is 296 g/mol. The predicted molar refractivity (Wildman–Crippen MR) is 89.2 cm³/mol. The van der Waals surface area contributed by atoms with Crippen LogP contribution in [0.2, 0.25) is 0 Å². The van der Waals surface area contributed by atoms with Gasteiger partial charge in [0.25, 0.3) is 0 Å². The van der Waals surface area contributed by atoms with Crippen LogP contribution < -0.4 is 16.8 Å².